The maximum atomic E-state index is 13.8. The van der Waals surface area contributed by atoms with E-state index >= 15 is 0 Å². The van der Waals surface area contributed by atoms with E-state index in [4.69, 9.17) is 4.74 Å². The lowest BCUT2D eigenvalue weighted by Crippen LogP contribution is -2.31. The molecule has 2 aromatic carbocycles. The zero-order chi connectivity index (χ0) is 19.4. The van der Waals surface area contributed by atoms with Crippen molar-refractivity contribution in [3.8, 4) is 5.75 Å². The van der Waals surface area contributed by atoms with Crippen molar-refractivity contribution in [3.63, 3.8) is 0 Å². The van der Waals surface area contributed by atoms with Crippen LogP contribution in [0, 0.1) is 11.7 Å². The van der Waals surface area contributed by atoms with Crippen molar-refractivity contribution in [1.82, 2.24) is 15.3 Å². The van der Waals surface area contributed by atoms with Crippen molar-refractivity contribution >= 4 is 16.9 Å². The predicted molar refractivity (Wildman–Crippen MR) is 103 cm³/mol. The first kappa shape index (κ1) is 18.9. The van der Waals surface area contributed by atoms with Crippen LogP contribution in [0.25, 0.3) is 11.0 Å². The zero-order valence-corrected chi connectivity index (χ0v) is 15.8. The Morgan fingerprint density at radius 3 is 2.70 bits per heavy atom. The topological polar surface area (TPSA) is 67.0 Å². The number of methoxy groups -OCH3 is 1. The highest BCUT2D eigenvalue weighted by molar-refractivity contribution is 5.79. The Hall–Kier alpha value is -2.89. The van der Waals surface area contributed by atoms with Gasteiger partial charge in [0.15, 0.2) is 11.6 Å². The second kappa shape index (κ2) is 8.20. The minimum Gasteiger partial charge on any atom is -0.494 e. The number of amides is 1. The van der Waals surface area contributed by atoms with Crippen molar-refractivity contribution in [1.29, 1.82) is 0 Å². The number of ether oxygens (including phenoxy) is 1. The summed E-state index contributed by atoms with van der Waals surface area (Å²) in [6.45, 7) is 4.20. The number of aromatic amines is 1. The number of carbonyl (C=O) groups is 1. The van der Waals surface area contributed by atoms with E-state index in [0.717, 1.165) is 23.3 Å². The molecule has 0 saturated carbocycles. The van der Waals surface area contributed by atoms with Crippen LogP contribution < -0.4 is 10.1 Å². The number of carbonyl (C=O) groups excluding carboxylic acids is 1. The maximum Gasteiger partial charge on any atom is 0.225 e. The minimum absolute atomic E-state index is 0.0930. The van der Waals surface area contributed by atoms with E-state index < -0.39 is 5.82 Å². The molecule has 6 heteroatoms. The van der Waals surface area contributed by atoms with Gasteiger partial charge in [0.05, 0.1) is 30.6 Å². The summed E-state index contributed by atoms with van der Waals surface area (Å²) in [7, 11) is 1.41. The van der Waals surface area contributed by atoms with Gasteiger partial charge in [0.25, 0.3) is 0 Å². The Bertz CT molecular complexity index is 903. The van der Waals surface area contributed by atoms with Crippen LogP contribution in [0.15, 0.2) is 42.5 Å². The highest BCUT2D eigenvalue weighted by Gasteiger charge is 2.20. The third-order valence-corrected chi connectivity index (χ3v) is 4.36. The number of halogens is 1. The van der Waals surface area contributed by atoms with Gasteiger partial charge in [-0.2, -0.15) is 0 Å². The summed E-state index contributed by atoms with van der Waals surface area (Å²) in [6.07, 6.45) is 0.846. The largest absolute Gasteiger partial charge is 0.494 e. The number of para-hydroxylation sites is 2. The first-order chi connectivity index (χ1) is 13.0. The van der Waals surface area contributed by atoms with Crippen molar-refractivity contribution in [2.45, 2.75) is 32.7 Å². The molecule has 0 bridgehead atoms. The third kappa shape index (κ3) is 4.64. The number of imidazole rings is 1. The van der Waals surface area contributed by atoms with E-state index in [2.05, 4.69) is 29.1 Å². The van der Waals surface area contributed by atoms with E-state index in [1.807, 2.05) is 24.3 Å². The number of rotatable bonds is 7. The van der Waals surface area contributed by atoms with Crippen LogP contribution in [0.1, 0.15) is 37.7 Å². The van der Waals surface area contributed by atoms with E-state index in [9.17, 15) is 9.18 Å². The SMILES string of the molecule is COc1ccc(CC(=O)NC(CC(C)C)c2nc3ccccc3[nH]2)cc1F. The smallest absolute Gasteiger partial charge is 0.225 e. The Morgan fingerprint density at radius 2 is 2.04 bits per heavy atom. The molecule has 1 heterocycles. The molecule has 0 radical (unpaired) electrons. The molecule has 1 unspecified atom stereocenters. The van der Waals surface area contributed by atoms with Gasteiger partial charge in [-0.1, -0.05) is 32.0 Å². The number of benzene rings is 2. The zero-order valence-electron chi connectivity index (χ0n) is 15.8. The van der Waals surface area contributed by atoms with Crippen LogP contribution in [0.5, 0.6) is 5.75 Å². The van der Waals surface area contributed by atoms with Gasteiger partial charge >= 0.3 is 0 Å². The van der Waals surface area contributed by atoms with E-state index in [1.165, 1.54) is 19.2 Å². The molecule has 3 aromatic rings. The summed E-state index contributed by atoms with van der Waals surface area (Å²) >= 11 is 0. The van der Waals surface area contributed by atoms with Crippen molar-refractivity contribution < 1.29 is 13.9 Å². The normalized spacial score (nSPS) is 12.3. The van der Waals surface area contributed by atoms with Crippen LogP contribution in [0.2, 0.25) is 0 Å². The molecule has 2 N–H and O–H groups in total. The van der Waals surface area contributed by atoms with Crippen LogP contribution >= 0.6 is 0 Å². The average molecular weight is 369 g/mol. The molecular formula is C21H24FN3O2. The molecule has 0 aliphatic carbocycles. The Kier molecular flexibility index (Phi) is 5.74. The molecule has 1 amide bonds. The molecule has 0 spiro atoms. The molecule has 1 atom stereocenters. The third-order valence-electron chi connectivity index (χ3n) is 4.36. The number of aromatic nitrogens is 2. The van der Waals surface area contributed by atoms with E-state index in [-0.39, 0.29) is 24.1 Å². The fourth-order valence-electron chi connectivity index (χ4n) is 3.10. The summed E-state index contributed by atoms with van der Waals surface area (Å²) in [5, 5.41) is 3.04. The minimum atomic E-state index is -0.473. The van der Waals surface area contributed by atoms with Crippen molar-refractivity contribution in [3.05, 3.63) is 59.7 Å². The van der Waals surface area contributed by atoms with Gasteiger partial charge in [-0.05, 0) is 42.2 Å². The molecule has 0 aliphatic rings. The number of nitrogens with zero attached hydrogens (tertiary/aromatic N) is 1. The Morgan fingerprint density at radius 1 is 1.26 bits per heavy atom. The molecular weight excluding hydrogens is 345 g/mol. The summed E-state index contributed by atoms with van der Waals surface area (Å²) in [4.78, 5) is 20.5. The van der Waals surface area contributed by atoms with Gasteiger partial charge in [0.2, 0.25) is 5.91 Å². The van der Waals surface area contributed by atoms with Gasteiger partial charge in [0.1, 0.15) is 5.82 Å². The summed E-state index contributed by atoms with van der Waals surface area (Å²) < 4.78 is 18.8. The van der Waals surface area contributed by atoms with E-state index in [1.54, 1.807) is 6.07 Å². The molecule has 1 aromatic heterocycles. The van der Waals surface area contributed by atoms with Crippen LogP contribution in [-0.4, -0.2) is 23.0 Å². The first-order valence-electron chi connectivity index (χ1n) is 9.02. The molecule has 0 saturated heterocycles. The lowest BCUT2D eigenvalue weighted by atomic mass is 10.0. The summed E-state index contributed by atoms with van der Waals surface area (Å²) in [5.74, 6) is 0.629. The first-order valence-corrected chi connectivity index (χ1v) is 9.02. The number of fused-ring (bicyclic) bond motifs is 1. The van der Waals surface area contributed by atoms with E-state index in [0.29, 0.717) is 11.5 Å². The fraction of sp³-hybridized carbons (Fsp3) is 0.333. The number of nitrogens with one attached hydrogen (secondary N) is 2. The monoisotopic (exact) mass is 369 g/mol. The van der Waals surface area contributed by atoms with Crippen molar-refractivity contribution in [2.75, 3.05) is 7.11 Å². The molecule has 0 aliphatic heterocycles. The molecule has 142 valence electrons. The van der Waals surface area contributed by atoms with Crippen LogP contribution in [0.3, 0.4) is 0 Å². The van der Waals surface area contributed by atoms with Crippen molar-refractivity contribution in [2.24, 2.45) is 5.92 Å². The van der Waals surface area contributed by atoms with Gasteiger partial charge in [0, 0.05) is 0 Å². The molecule has 27 heavy (non-hydrogen) atoms. The molecule has 5 nitrogen and oxygen atoms in total. The maximum absolute atomic E-state index is 13.8. The predicted octanol–water partition coefficient (Wildman–Crippen LogP) is 4.16. The van der Waals surface area contributed by atoms with Crippen LogP contribution in [-0.2, 0) is 11.2 Å². The Labute approximate surface area is 158 Å². The van der Waals surface area contributed by atoms with Gasteiger partial charge < -0.3 is 15.0 Å². The molecule has 3 rings (SSSR count). The fourth-order valence-corrected chi connectivity index (χ4v) is 3.10. The summed E-state index contributed by atoms with van der Waals surface area (Å²) in [6, 6.07) is 12.1. The lowest BCUT2D eigenvalue weighted by Gasteiger charge is -2.19. The number of H-pyrrole nitrogens is 1. The Balaban J connectivity index is 1.75. The highest BCUT2D eigenvalue weighted by Crippen LogP contribution is 2.23. The van der Waals surface area contributed by atoms with Gasteiger partial charge in [-0.15, -0.1) is 0 Å². The number of hydrogen-bond donors (Lipinski definition) is 2. The lowest BCUT2D eigenvalue weighted by molar-refractivity contribution is -0.121. The average Bonchev–Trinajstić information content (AvgIpc) is 3.05. The quantitative estimate of drug-likeness (QED) is 0.657. The second-order valence-corrected chi connectivity index (χ2v) is 7.03. The molecule has 0 fully saturated rings. The standard InChI is InChI=1S/C21H24FN3O2/c1-13(2)10-18(21-24-16-6-4-5-7-17(16)25-21)23-20(26)12-14-8-9-19(27-3)15(22)11-14/h4-9,11,13,18H,10,12H2,1-3H3,(H,23,26)(H,24,25). The number of hydrogen-bond acceptors (Lipinski definition) is 3. The highest BCUT2D eigenvalue weighted by atomic mass is 19.1. The second-order valence-electron chi connectivity index (χ2n) is 7.03. The van der Waals surface area contributed by atoms with Crippen LogP contribution in [0.4, 0.5) is 4.39 Å². The van der Waals surface area contributed by atoms with Gasteiger partial charge in [-0.25, -0.2) is 9.37 Å². The van der Waals surface area contributed by atoms with Gasteiger partial charge in [-0.3, -0.25) is 4.79 Å². The summed E-state index contributed by atoms with van der Waals surface area (Å²) in [5.41, 5.74) is 2.40.